The monoisotopic (exact) mass is 576 g/mol. The van der Waals surface area contributed by atoms with E-state index in [0.29, 0.717) is 6.08 Å². The van der Waals surface area contributed by atoms with Crippen molar-refractivity contribution >= 4 is 8.80 Å². The molecule has 3 nitrogen and oxygen atoms in total. The maximum absolute atomic E-state index is 14.2. The highest BCUT2D eigenvalue weighted by Crippen LogP contribution is 2.64. The molecule has 0 spiro atoms. The quantitative estimate of drug-likeness (QED) is 0.135. The van der Waals surface area contributed by atoms with E-state index in [1.165, 1.54) is 0 Å². The van der Waals surface area contributed by atoms with Gasteiger partial charge >= 0.3 is 55.8 Å². The van der Waals surface area contributed by atoms with Crippen molar-refractivity contribution in [1.82, 2.24) is 0 Å². The number of halogens is 16. The summed E-state index contributed by atoms with van der Waals surface area (Å²) in [6.07, 6.45) is -3.42. The summed E-state index contributed by atoms with van der Waals surface area (Å²) in [4.78, 5) is 0. The van der Waals surface area contributed by atoms with Crippen molar-refractivity contribution in [1.29, 1.82) is 0 Å². The number of allylic oxidation sites excluding steroid dienone is 1. The Hall–Kier alpha value is -1.28. The zero-order valence-electron chi connectivity index (χ0n) is 17.5. The van der Waals surface area contributed by atoms with Gasteiger partial charge in [-0.3, -0.25) is 0 Å². The zero-order valence-corrected chi connectivity index (χ0v) is 18.5. The summed E-state index contributed by atoms with van der Waals surface area (Å²) in [7, 11) is -6.45. The first-order valence-electron chi connectivity index (χ1n) is 8.53. The SMILES string of the molecule is C=CCCC(F)(F)C(F)(F)C(F)(F)C(F)(F)C(F)(F)C(F)(F)C(F)(F)C(F)(F)[Si](OC)(OC)OC. The van der Waals surface area contributed by atoms with E-state index in [9.17, 15) is 70.2 Å². The van der Waals surface area contributed by atoms with Crippen LogP contribution in [-0.4, -0.2) is 77.1 Å². The lowest BCUT2D eigenvalue weighted by molar-refractivity contribution is -0.451. The second kappa shape index (κ2) is 9.55. The molecule has 0 aromatic rings. The minimum atomic E-state index is -8.52. The summed E-state index contributed by atoms with van der Waals surface area (Å²) in [6, 6.07) is 0. The Morgan fingerprint density at radius 1 is 0.543 bits per heavy atom. The van der Waals surface area contributed by atoms with Gasteiger partial charge in [-0.2, -0.15) is 70.2 Å². The number of hydrogen-bond donors (Lipinski definition) is 0. The molecule has 35 heavy (non-hydrogen) atoms. The largest absolute Gasteiger partial charge is 0.581 e. The molecule has 0 bridgehead atoms. The lowest BCUT2D eigenvalue weighted by Crippen LogP contribution is -2.78. The molecule has 0 aromatic carbocycles. The molecule has 0 heterocycles. The topological polar surface area (TPSA) is 27.7 Å². The Morgan fingerprint density at radius 2 is 0.829 bits per heavy atom. The second-order valence-corrected chi connectivity index (χ2v) is 9.69. The van der Waals surface area contributed by atoms with Crippen LogP contribution in [0, 0.1) is 0 Å². The average Bonchev–Trinajstić information content (AvgIpc) is 2.72. The van der Waals surface area contributed by atoms with Crippen LogP contribution in [0.2, 0.25) is 0 Å². The van der Waals surface area contributed by atoms with Crippen molar-refractivity contribution in [2.75, 3.05) is 21.3 Å². The van der Waals surface area contributed by atoms with Gasteiger partial charge < -0.3 is 13.3 Å². The Kier molecular flexibility index (Phi) is 9.20. The van der Waals surface area contributed by atoms with Gasteiger partial charge in [-0.25, -0.2) is 0 Å². The lowest BCUT2D eigenvalue weighted by Gasteiger charge is -2.45. The maximum atomic E-state index is 14.2. The van der Waals surface area contributed by atoms with E-state index in [1.807, 2.05) is 0 Å². The van der Waals surface area contributed by atoms with Gasteiger partial charge in [-0.05, 0) is 6.42 Å². The van der Waals surface area contributed by atoms with E-state index in [4.69, 9.17) is 0 Å². The molecular weight excluding hydrogens is 560 g/mol. The second-order valence-electron chi connectivity index (χ2n) is 6.72. The molecule has 0 rings (SSSR count). The van der Waals surface area contributed by atoms with Crippen molar-refractivity contribution in [2.24, 2.45) is 0 Å². The fourth-order valence-electron chi connectivity index (χ4n) is 2.48. The van der Waals surface area contributed by atoms with Crippen LogP contribution in [0.25, 0.3) is 0 Å². The Balaban J connectivity index is 6.98. The summed E-state index contributed by atoms with van der Waals surface area (Å²) in [5.74, 6) is -55.3. The first kappa shape index (κ1) is 33.7. The average molecular weight is 576 g/mol. The summed E-state index contributed by atoms with van der Waals surface area (Å²) < 4.78 is 232. The normalized spacial score (nSPS) is 16.0. The van der Waals surface area contributed by atoms with Gasteiger partial charge in [0, 0.05) is 27.8 Å². The van der Waals surface area contributed by atoms with Crippen molar-refractivity contribution in [3.63, 3.8) is 0 Å². The molecule has 0 amide bonds. The molecule has 0 atom stereocenters. The summed E-state index contributed by atoms with van der Waals surface area (Å²) in [5, 5.41) is 0. The molecule has 0 aliphatic rings. The molecule has 0 aliphatic heterocycles. The van der Waals surface area contributed by atoms with Crippen LogP contribution in [0.3, 0.4) is 0 Å². The van der Waals surface area contributed by atoms with Gasteiger partial charge in [0.1, 0.15) is 0 Å². The van der Waals surface area contributed by atoms with Crippen LogP contribution < -0.4 is 0 Å². The molecule has 210 valence electrons. The van der Waals surface area contributed by atoms with Gasteiger partial charge in [0.05, 0.1) is 0 Å². The summed E-state index contributed by atoms with van der Waals surface area (Å²) in [5.41, 5.74) is -6.81. The molecule has 0 N–H and O–H groups in total. The molecule has 20 heteroatoms. The van der Waals surface area contributed by atoms with Crippen LogP contribution in [0.4, 0.5) is 70.2 Å². The minimum Gasteiger partial charge on any atom is -0.373 e. The highest BCUT2D eigenvalue weighted by molar-refractivity contribution is 6.63. The van der Waals surface area contributed by atoms with Gasteiger partial charge in [0.15, 0.2) is 0 Å². The van der Waals surface area contributed by atoms with Gasteiger partial charge in [-0.15, -0.1) is 6.58 Å². The number of alkyl halides is 16. The predicted molar refractivity (Wildman–Crippen MR) is 85.8 cm³/mol. The van der Waals surface area contributed by atoms with Gasteiger partial charge in [-0.1, -0.05) is 6.08 Å². The van der Waals surface area contributed by atoms with E-state index in [-0.39, 0.29) is 21.3 Å². The molecule has 0 saturated heterocycles. The van der Waals surface area contributed by atoms with Crippen molar-refractivity contribution in [3.8, 4) is 0 Å². The third kappa shape index (κ3) is 4.30. The van der Waals surface area contributed by atoms with Crippen LogP contribution >= 0.6 is 0 Å². The Labute approximate surface area is 187 Å². The lowest BCUT2D eigenvalue weighted by atomic mass is 9.88. The molecule has 0 radical (unpaired) electrons. The Bertz CT molecular complexity index is 742. The number of rotatable bonds is 14. The standard InChI is InChI=1S/C15H16F16O3Si/c1-5-6-7-8(16,17)9(18,19)10(20,21)11(22,23)12(24,25)13(26,27)14(28,29)15(30,31)35(32-2,33-3)34-4/h5H,1,6-7H2,2-4H3. The maximum Gasteiger partial charge on any atom is 0.581 e. The van der Waals surface area contributed by atoms with E-state index in [2.05, 4.69) is 19.9 Å². The minimum absolute atomic E-state index is 0.0359. The molecule has 0 unspecified atom stereocenters. The van der Waals surface area contributed by atoms with Crippen LogP contribution in [0.15, 0.2) is 12.7 Å². The predicted octanol–water partition coefficient (Wildman–Crippen LogP) is 6.45. The van der Waals surface area contributed by atoms with E-state index >= 15 is 0 Å². The van der Waals surface area contributed by atoms with Gasteiger partial charge in [0.2, 0.25) is 0 Å². The molecular formula is C15H16F16O3Si. The fourth-order valence-corrected chi connectivity index (χ4v) is 4.29. The highest BCUT2D eigenvalue weighted by Gasteiger charge is 2.97. The fraction of sp³-hybridized carbons (Fsp3) is 0.867. The zero-order chi connectivity index (χ0) is 28.7. The Morgan fingerprint density at radius 3 is 1.11 bits per heavy atom. The first-order chi connectivity index (χ1) is 15.2. The highest BCUT2D eigenvalue weighted by atomic mass is 28.4. The van der Waals surface area contributed by atoms with Crippen LogP contribution in [0.1, 0.15) is 12.8 Å². The third-order valence-corrected chi connectivity index (χ3v) is 7.37. The van der Waals surface area contributed by atoms with Crippen LogP contribution in [-0.2, 0) is 13.3 Å². The van der Waals surface area contributed by atoms with Crippen LogP contribution in [0.5, 0.6) is 0 Å². The summed E-state index contributed by atoms with van der Waals surface area (Å²) in [6.45, 7) is 2.70. The van der Waals surface area contributed by atoms with Crippen molar-refractivity contribution in [2.45, 2.75) is 59.8 Å². The van der Waals surface area contributed by atoms with Crippen molar-refractivity contribution < 1.29 is 83.5 Å². The first-order valence-corrected chi connectivity index (χ1v) is 10.3. The molecule has 0 fully saturated rings. The third-order valence-electron chi connectivity index (χ3n) is 4.68. The van der Waals surface area contributed by atoms with E-state index < -0.39 is 68.6 Å². The van der Waals surface area contributed by atoms with Gasteiger partial charge in [0.25, 0.3) is 0 Å². The molecule has 0 aliphatic carbocycles. The number of hydrogen-bond acceptors (Lipinski definition) is 3. The summed E-state index contributed by atoms with van der Waals surface area (Å²) >= 11 is 0. The van der Waals surface area contributed by atoms with Crippen molar-refractivity contribution in [3.05, 3.63) is 12.7 Å². The molecule has 0 aromatic heterocycles. The van der Waals surface area contributed by atoms with E-state index in [0.717, 1.165) is 0 Å². The smallest absolute Gasteiger partial charge is 0.373 e. The van der Waals surface area contributed by atoms with E-state index in [1.54, 1.807) is 0 Å². The molecule has 0 saturated carbocycles.